The Balaban J connectivity index is 1.08. The van der Waals surface area contributed by atoms with Crippen molar-refractivity contribution in [1.29, 1.82) is 0 Å². The molecule has 45 heavy (non-hydrogen) atoms. The number of hydrogen-bond donors (Lipinski definition) is 0. The molecule has 0 amide bonds. The number of benzene rings is 7. The Kier molecular flexibility index (Phi) is 6.25. The van der Waals surface area contributed by atoms with Gasteiger partial charge in [0.25, 0.3) is 0 Å². The smallest absolute Gasteiger partial charge is 0.135 e. The van der Waals surface area contributed by atoms with Gasteiger partial charge in [-0.3, -0.25) is 0 Å². The molecule has 9 rings (SSSR count). The lowest BCUT2D eigenvalue weighted by Crippen LogP contribution is -2.20. The van der Waals surface area contributed by atoms with Crippen molar-refractivity contribution in [1.82, 2.24) is 0 Å². The van der Waals surface area contributed by atoms with Crippen molar-refractivity contribution in [2.24, 2.45) is 0 Å². The van der Waals surface area contributed by atoms with E-state index in [1.165, 1.54) is 60.4 Å². The first kappa shape index (κ1) is 26.2. The van der Waals surface area contributed by atoms with Crippen LogP contribution in [0.25, 0.3) is 55.3 Å². The third-order valence-corrected chi connectivity index (χ3v) is 11.5. The molecular weight excluding hydrogens is 563 g/mol. The second kappa shape index (κ2) is 10.7. The first-order valence-corrected chi connectivity index (χ1v) is 16.8. The largest absolute Gasteiger partial charge is 0.456 e. The zero-order valence-electron chi connectivity index (χ0n) is 24.7. The van der Waals surface area contributed by atoms with Crippen LogP contribution < -0.4 is 15.9 Å². The molecule has 0 spiro atoms. The Labute approximate surface area is 264 Å². The maximum atomic E-state index is 6.31. The zero-order valence-corrected chi connectivity index (χ0v) is 25.5. The molecular formula is C43H29OP. The van der Waals surface area contributed by atoms with Crippen molar-refractivity contribution in [2.75, 3.05) is 0 Å². The molecule has 0 atom stereocenters. The Hall–Kier alpha value is -5.23. The molecule has 8 aromatic rings. The third kappa shape index (κ3) is 4.60. The van der Waals surface area contributed by atoms with E-state index < -0.39 is 7.92 Å². The number of rotatable bonds is 5. The Morgan fingerprint density at radius 2 is 0.867 bits per heavy atom. The number of furan rings is 1. The molecule has 7 aromatic carbocycles. The summed E-state index contributed by atoms with van der Waals surface area (Å²) in [4.78, 5) is 0. The summed E-state index contributed by atoms with van der Waals surface area (Å²) in [6.07, 6.45) is 1.02. The van der Waals surface area contributed by atoms with E-state index in [9.17, 15) is 0 Å². The summed E-state index contributed by atoms with van der Waals surface area (Å²) >= 11 is 0. The van der Waals surface area contributed by atoms with Crippen molar-refractivity contribution in [3.8, 4) is 33.4 Å². The topological polar surface area (TPSA) is 13.1 Å². The SMILES string of the molecule is c1ccc(P(c2ccccc2)c2ccc(-c3ccc4oc5ccc(-c6ccc7c(c6)-c6ccccc6C7)cc5c4c3)cc2)cc1. The van der Waals surface area contributed by atoms with Gasteiger partial charge in [0, 0.05) is 10.8 Å². The summed E-state index contributed by atoms with van der Waals surface area (Å²) < 4.78 is 6.31. The fourth-order valence-electron chi connectivity index (χ4n) is 6.84. The predicted molar refractivity (Wildman–Crippen MR) is 192 cm³/mol. The quantitative estimate of drug-likeness (QED) is 0.181. The molecule has 1 aliphatic rings. The van der Waals surface area contributed by atoms with Crippen LogP contribution >= 0.6 is 7.92 Å². The van der Waals surface area contributed by atoms with Gasteiger partial charge in [0.1, 0.15) is 11.2 Å². The highest BCUT2D eigenvalue weighted by atomic mass is 31.1. The van der Waals surface area contributed by atoms with Crippen molar-refractivity contribution < 1.29 is 4.42 Å². The molecule has 0 aliphatic heterocycles. The van der Waals surface area contributed by atoms with E-state index in [0.29, 0.717) is 0 Å². The molecule has 1 aliphatic carbocycles. The minimum absolute atomic E-state index is 0.629. The second-order valence-electron chi connectivity index (χ2n) is 11.8. The van der Waals surface area contributed by atoms with Crippen LogP contribution in [0.3, 0.4) is 0 Å². The van der Waals surface area contributed by atoms with Crippen LogP contribution in [0.15, 0.2) is 168 Å². The van der Waals surface area contributed by atoms with Crippen LogP contribution in [-0.4, -0.2) is 0 Å². The molecule has 0 radical (unpaired) electrons. The number of hydrogen-bond acceptors (Lipinski definition) is 1. The van der Waals surface area contributed by atoms with E-state index in [1.54, 1.807) is 0 Å². The van der Waals surface area contributed by atoms with E-state index in [0.717, 1.165) is 28.4 Å². The molecule has 2 heteroatoms. The van der Waals surface area contributed by atoms with Gasteiger partial charge in [-0.15, -0.1) is 0 Å². The molecule has 1 aromatic heterocycles. The van der Waals surface area contributed by atoms with Gasteiger partial charge in [0.2, 0.25) is 0 Å². The van der Waals surface area contributed by atoms with Gasteiger partial charge in [-0.05, 0) is 105 Å². The Bertz CT molecular complexity index is 2290. The van der Waals surface area contributed by atoms with Crippen LogP contribution in [-0.2, 0) is 6.42 Å². The van der Waals surface area contributed by atoms with Gasteiger partial charge in [0.15, 0.2) is 0 Å². The van der Waals surface area contributed by atoms with Gasteiger partial charge in [0.05, 0.1) is 0 Å². The summed E-state index contributed by atoms with van der Waals surface area (Å²) in [6, 6.07) is 59.8. The van der Waals surface area contributed by atoms with Gasteiger partial charge >= 0.3 is 0 Å². The van der Waals surface area contributed by atoms with Crippen LogP contribution in [0, 0.1) is 0 Å². The zero-order chi connectivity index (χ0) is 29.7. The minimum Gasteiger partial charge on any atom is -0.456 e. The third-order valence-electron chi connectivity index (χ3n) is 9.09. The van der Waals surface area contributed by atoms with E-state index in [-0.39, 0.29) is 0 Å². The molecule has 0 saturated carbocycles. The van der Waals surface area contributed by atoms with Gasteiger partial charge in [-0.25, -0.2) is 0 Å². The lowest BCUT2D eigenvalue weighted by Gasteiger charge is -2.19. The second-order valence-corrected chi connectivity index (χ2v) is 14.0. The molecule has 0 fully saturated rings. The highest BCUT2D eigenvalue weighted by Gasteiger charge is 2.19. The van der Waals surface area contributed by atoms with Gasteiger partial charge < -0.3 is 4.42 Å². The van der Waals surface area contributed by atoms with Gasteiger partial charge in [-0.1, -0.05) is 133 Å². The molecule has 0 bridgehead atoms. The summed E-state index contributed by atoms with van der Waals surface area (Å²) in [7, 11) is -0.629. The van der Waals surface area contributed by atoms with Crippen LogP contribution in [0.4, 0.5) is 0 Å². The highest BCUT2D eigenvalue weighted by molar-refractivity contribution is 7.79. The standard InChI is InChI=1S/C43H29OP/c1-3-10-35(11-4-1)45(36-12-5-2-6-13-36)37-21-17-29(18-22-37)30-19-23-42-40(27-30)41-28-32(20-24-43(41)44-42)31-15-16-34-25-33-9-7-8-14-38(33)39(34)26-31/h1-24,26-28H,25H2. The van der Waals surface area contributed by atoms with Crippen molar-refractivity contribution in [2.45, 2.75) is 6.42 Å². The lowest BCUT2D eigenvalue weighted by molar-refractivity contribution is 0.669. The van der Waals surface area contributed by atoms with E-state index >= 15 is 0 Å². The summed E-state index contributed by atoms with van der Waals surface area (Å²) in [5.74, 6) is 0. The van der Waals surface area contributed by atoms with E-state index in [1.807, 2.05) is 0 Å². The van der Waals surface area contributed by atoms with E-state index in [4.69, 9.17) is 4.42 Å². The fourth-order valence-corrected chi connectivity index (χ4v) is 9.13. The fraction of sp³-hybridized carbons (Fsp3) is 0.0233. The predicted octanol–water partition coefficient (Wildman–Crippen LogP) is 10.2. The number of fused-ring (bicyclic) bond motifs is 6. The van der Waals surface area contributed by atoms with E-state index in [2.05, 4.69) is 164 Å². The van der Waals surface area contributed by atoms with Gasteiger partial charge in [-0.2, -0.15) is 0 Å². The maximum Gasteiger partial charge on any atom is 0.135 e. The monoisotopic (exact) mass is 592 g/mol. The molecule has 0 unspecified atom stereocenters. The Morgan fingerprint density at radius 1 is 0.378 bits per heavy atom. The van der Waals surface area contributed by atoms with Crippen LogP contribution in [0.1, 0.15) is 11.1 Å². The van der Waals surface area contributed by atoms with Crippen molar-refractivity contribution in [3.05, 3.63) is 175 Å². The van der Waals surface area contributed by atoms with Crippen LogP contribution in [0.5, 0.6) is 0 Å². The maximum absolute atomic E-state index is 6.31. The Morgan fingerprint density at radius 3 is 1.53 bits per heavy atom. The summed E-state index contributed by atoms with van der Waals surface area (Å²) in [5.41, 5.74) is 12.2. The molecule has 1 heterocycles. The summed E-state index contributed by atoms with van der Waals surface area (Å²) in [5, 5.41) is 6.37. The average Bonchev–Trinajstić information content (AvgIpc) is 3.67. The molecule has 212 valence electrons. The molecule has 0 saturated heterocycles. The molecule has 1 nitrogen and oxygen atoms in total. The summed E-state index contributed by atoms with van der Waals surface area (Å²) in [6.45, 7) is 0. The van der Waals surface area contributed by atoms with Crippen molar-refractivity contribution in [3.63, 3.8) is 0 Å². The molecule has 0 N–H and O–H groups in total. The van der Waals surface area contributed by atoms with Crippen LogP contribution in [0.2, 0.25) is 0 Å². The minimum atomic E-state index is -0.629. The van der Waals surface area contributed by atoms with Crippen molar-refractivity contribution >= 4 is 45.8 Å². The normalized spacial score (nSPS) is 12.1. The lowest BCUT2D eigenvalue weighted by atomic mass is 9.97. The highest BCUT2D eigenvalue weighted by Crippen LogP contribution is 2.40. The average molecular weight is 593 g/mol. The first-order chi connectivity index (χ1) is 22.3. The first-order valence-electron chi connectivity index (χ1n) is 15.5.